The van der Waals surface area contributed by atoms with Gasteiger partial charge in [-0.1, -0.05) is 13.8 Å². The third kappa shape index (κ3) is 13.9. The molecule has 0 aliphatic carbocycles. The Morgan fingerprint density at radius 2 is 1.51 bits per heavy atom. The Bertz CT molecular complexity index is 1020. The van der Waals surface area contributed by atoms with Gasteiger partial charge in [-0.15, -0.1) is 0 Å². The van der Waals surface area contributed by atoms with Gasteiger partial charge in [-0.05, 0) is 13.3 Å². The van der Waals surface area contributed by atoms with Crippen LogP contribution in [0.25, 0.3) is 0 Å². The van der Waals surface area contributed by atoms with E-state index in [0.29, 0.717) is 0 Å². The molecule has 0 saturated heterocycles. The van der Waals surface area contributed by atoms with Crippen molar-refractivity contribution in [2.45, 2.75) is 83.5 Å². The van der Waals surface area contributed by atoms with E-state index >= 15 is 0 Å². The molecule has 0 aliphatic heterocycles. The summed E-state index contributed by atoms with van der Waals surface area (Å²) in [5, 5.41) is 17.4. The van der Waals surface area contributed by atoms with Crippen LogP contribution in [0.15, 0.2) is 9.98 Å². The number of rotatable bonds is 19. The van der Waals surface area contributed by atoms with E-state index in [9.17, 15) is 28.8 Å². The standard InChI is InChI=1S/C23H28N4O12/c1-4-17(27-15-29)38-19(31)8-9-23(3,37-13-25)22(33)35-11-10-34-21(32)16(26-14-28)6-7-18(30)39-20(5-2)36-12-24/h16-17,20H,4-11H2,1-3H3. The number of hydrogen-bond donors (Lipinski definition) is 0. The van der Waals surface area contributed by atoms with Crippen LogP contribution in [0.1, 0.15) is 59.3 Å². The van der Waals surface area contributed by atoms with Gasteiger partial charge in [0.15, 0.2) is 6.04 Å². The lowest BCUT2D eigenvalue weighted by Gasteiger charge is -2.24. The molecule has 4 atom stereocenters. The lowest BCUT2D eigenvalue weighted by molar-refractivity contribution is -0.170. The van der Waals surface area contributed by atoms with Gasteiger partial charge in [0, 0.05) is 25.7 Å². The Balaban J connectivity index is 4.80. The van der Waals surface area contributed by atoms with E-state index in [4.69, 9.17) is 34.2 Å². The summed E-state index contributed by atoms with van der Waals surface area (Å²) in [6.45, 7) is 3.44. The number of carbonyl (C=O) groups excluding carboxylic acids is 6. The topological polar surface area (TPSA) is 230 Å². The van der Waals surface area contributed by atoms with Crippen LogP contribution < -0.4 is 0 Å². The minimum atomic E-state index is -1.89. The molecule has 39 heavy (non-hydrogen) atoms. The number of isocyanates is 2. The van der Waals surface area contributed by atoms with Gasteiger partial charge in [0.2, 0.25) is 24.0 Å². The van der Waals surface area contributed by atoms with E-state index in [0.717, 1.165) is 0 Å². The maximum atomic E-state index is 12.5. The van der Waals surface area contributed by atoms with Crippen LogP contribution in [0.2, 0.25) is 0 Å². The Kier molecular flexibility index (Phi) is 17.0. The molecule has 0 aliphatic rings. The van der Waals surface area contributed by atoms with Gasteiger partial charge in [-0.3, -0.25) is 9.59 Å². The highest BCUT2D eigenvalue weighted by molar-refractivity contribution is 5.81. The summed E-state index contributed by atoms with van der Waals surface area (Å²) in [6.07, 6.45) is 2.13. The normalized spacial score (nSPS) is 13.6. The van der Waals surface area contributed by atoms with Crippen molar-refractivity contribution in [1.82, 2.24) is 0 Å². The number of hydrogen-bond acceptors (Lipinski definition) is 16. The fourth-order valence-electron chi connectivity index (χ4n) is 2.64. The van der Waals surface area contributed by atoms with Crippen molar-refractivity contribution in [2.75, 3.05) is 13.2 Å². The van der Waals surface area contributed by atoms with Crippen LogP contribution in [0, 0.1) is 23.0 Å². The van der Waals surface area contributed by atoms with E-state index in [1.165, 1.54) is 31.6 Å². The van der Waals surface area contributed by atoms with Gasteiger partial charge in [-0.25, -0.2) is 19.2 Å². The highest BCUT2D eigenvalue weighted by Crippen LogP contribution is 2.20. The minimum Gasteiger partial charge on any atom is -0.460 e. The predicted octanol–water partition coefficient (Wildman–Crippen LogP) is 0.986. The predicted molar refractivity (Wildman–Crippen MR) is 123 cm³/mol. The molecule has 0 spiro atoms. The number of carbonyl (C=O) groups is 4. The molecule has 0 heterocycles. The van der Waals surface area contributed by atoms with Gasteiger partial charge in [0.1, 0.15) is 13.2 Å². The third-order valence-electron chi connectivity index (χ3n) is 4.77. The molecular formula is C23H28N4O12. The maximum absolute atomic E-state index is 12.5. The van der Waals surface area contributed by atoms with Gasteiger partial charge in [-0.2, -0.15) is 20.5 Å². The zero-order chi connectivity index (χ0) is 29.7. The summed E-state index contributed by atoms with van der Waals surface area (Å²) >= 11 is 0. The molecule has 0 fully saturated rings. The van der Waals surface area contributed by atoms with Crippen molar-refractivity contribution in [3.05, 3.63) is 0 Å². The molecular weight excluding hydrogens is 524 g/mol. The minimum absolute atomic E-state index is 0.203. The number of ether oxygens (including phenoxy) is 6. The molecule has 4 unspecified atom stereocenters. The molecule has 0 aromatic heterocycles. The largest absolute Gasteiger partial charge is 0.460 e. The van der Waals surface area contributed by atoms with E-state index in [2.05, 4.69) is 14.7 Å². The first-order valence-corrected chi connectivity index (χ1v) is 11.6. The highest BCUT2D eigenvalue weighted by Gasteiger charge is 2.38. The second-order valence-corrected chi connectivity index (χ2v) is 7.61. The molecule has 16 heteroatoms. The maximum Gasteiger partial charge on any atom is 0.351 e. The van der Waals surface area contributed by atoms with E-state index in [1.54, 1.807) is 13.8 Å². The van der Waals surface area contributed by atoms with Crippen molar-refractivity contribution >= 4 is 36.0 Å². The summed E-state index contributed by atoms with van der Waals surface area (Å²) in [7, 11) is 0. The van der Waals surface area contributed by atoms with Crippen molar-refractivity contribution in [3.8, 4) is 12.5 Å². The number of aliphatic imine (C=N–C) groups is 2. The van der Waals surface area contributed by atoms with E-state index in [-0.39, 0.29) is 38.5 Å². The molecule has 0 N–H and O–H groups in total. The van der Waals surface area contributed by atoms with Crippen molar-refractivity contribution in [1.29, 1.82) is 10.5 Å². The average Bonchev–Trinajstić information content (AvgIpc) is 2.91. The number of nitrogens with zero attached hydrogens (tertiary/aromatic N) is 4. The molecule has 0 bridgehead atoms. The molecule has 0 amide bonds. The van der Waals surface area contributed by atoms with Gasteiger partial charge in [0.05, 0.1) is 6.42 Å². The summed E-state index contributed by atoms with van der Waals surface area (Å²) in [5.41, 5.74) is -1.89. The molecule has 0 radical (unpaired) electrons. The molecule has 16 nitrogen and oxygen atoms in total. The van der Waals surface area contributed by atoms with Gasteiger partial charge in [0.25, 0.3) is 18.8 Å². The number of esters is 4. The molecule has 212 valence electrons. The molecule has 0 saturated carbocycles. The van der Waals surface area contributed by atoms with Crippen LogP contribution in [-0.2, 0) is 57.2 Å². The van der Waals surface area contributed by atoms with Gasteiger partial charge < -0.3 is 28.4 Å². The quantitative estimate of drug-likeness (QED) is 0.0414. The van der Waals surface area contributed by atoms with Crippen LogP contribution in [-0.4, -0.2) is 73.4 Å². The SMILES string of the molecule is CCC(N=C=O)OC(=O)CCC(C)(OC#N)C(=O)OCCOC(=O)C(CCC(=O)OC(CC)OC#N)N=C=O. The summed E-state index contributed by atoms with van der Waals surface area (Å²) in [6, 6.07) is -1.41. The van der Waals surface area contributed by atoms with Crippen LogP contribution in [0.4, 0.5) is 0 Å². The second kappa shape index (κ2) is 19.3. The first kappa shape index (κ1) is 34.2. The van der Waals surface area contributed by atoms with Crippen LogP contribution in [0.5, 0.6) is 0 Å². The smallest absolute Gasteiger partial charge is 0.351 e. The van der Waals surface area contributed by atoms with Crippen LogP contribution >= 0.6 is 0 Å². The third-order valence-corrected chi connectivity index (χ3v) is 4.77. The molecule has 0 rings (SSSR count). The Morgan fingerprint density at radius 3 is 2.08 bits per heavy atom. The first-order valence-electron chi connectivity index (χ1n) is 11.6. The zero-order valence-corrected chi connectivity index (χ0v) is 21.6. The van der Waals surface area contributed by atoms with E-state index in [1.807, 2.05) is 0 Å². The highest BCUT2D eigenvalue weighted by atomic mass is 16.7. The van der Waals surface area contributed by atoms with Crippen molar-refractivity contribution < 1.29 is 57.2 Å². The Morgan fingerprint density at radius 1 is 0.872 bits per heavy atom. The summed E-state index contributed by atoms with van der Waals surface area (Å²) < 4.78 is 29.0. The Labute approximate surface area is 223 Å². The monoisotopic (exact) mass is 552 g/mol. The van der Waals surface area contributed by atoms with Crippen molar-refractivity contribution in [2.24, 2.45) is 9.98 Å². The molecule has 0 aromatic rings. The summed E-state index contributed by atoms with van der Waals surface area (Å²) in [4.78, 5) is 76.0. The molecule has 0 aromatic carbocycles. The first-order chi connectivity index (χ1) is 18.6. The lowest BCUT2D eigenvalue weighted by Crippen LogP contribution is -2.40. The van der Waals surface area contributed by atoms with Crippen molar-refractivity contribution in [3.63, 3.8) is 0 Å². The number of nitriles is 2. The zero-order valence-electron chi connectivity index (χ0n) is 21.6. The van der Waals surface area contributed by atoms with Gasteiger partial charge >= 0.3 is 23.9 Å². The second-order valence-electron chi connectivity index (χ2n) is 7.61. The van der Waals surface area contributed by atoms with Crippen LogP contribution in [0.3, 0.4) is 0 Å². The fraction of sp³-hybridized carbons (Fsp3) is 0.652. The fourth-order valence-corrected chi connectivity index (χ4v) is 2.64. The van der Waals surface area contributed by atoms with E-state index < -0.39 is 61.3 Å². The Hall–Kier alpha value is -4.78. The lowest BCUT2D eigenvalue weighted by atomic mass is 10.00. The summed E-state index contributed by atoms with van der Waals surface area (Å²) in [5.74, 6) is -3.71. The average molecular weight is 552 g/mol.